The molecule has 0 heterocycles. The van der Waals surface area contributed by atoms with Crippen LogP contribution in [0.3, 0.4) is 0 Å². The summed E-state index contributed by atoms with van der Waals surface area (Å²) in [5.41, 5.74) is 7.77. The summed E-state index contributed by atoms with van der Waals surface area (Å²) in [6, 6.07) is 10.3. The summed E-state index contributed by atoms with van der Waals surface area (Å²) in [7, 11) is 3.18. The van der Waals surface area contributed by atoms with E-state index in [1.807, 2.05) is 12.1 Å². The van der Waals surface area contributed by atoms with E-state index in [-0.39, 0.29) is 0 Å². The zero-order valence-corrected chi connectivity index (χ0v) is 12.7. The molecule has 0 aliphatic heterocycles. The molecule has 2 N–H and O–H groups in total. The molecule has 5 heteroatoms. The first kappa shape index (κ1) is 15.0. The Kier molecular flexibility index (Phi) is 4.76. The van der Waals surface area contributed by atoms with Gasteiger partial charge in [-0.1, -0.05) is 29.3 Å². The minimum absolute atomic E-state index is 0.475. The van der Waals surface area contributed by atoms with Crippen LogP contribution in [0.2, 0.25) is 10.0 Å². The van der Waals surface area contributed by atoms with Gasteiger partial charge in [0.15, 0.2) is 0 Å². The monoisotopic (exact) mass is 311 g/mol. The lowest BCUT2D eigenvalue weighted by Crippen LogP contribution is -2.14. The summed E-state index contributed by atoms with van der Waals surface area (Å²) in [5.74, 6) is 1.33. The summed E-state index contributed by atoms with van der Waals surface area (Å²) < 4.78 is 10.5. The molecular formula is C15H15Cl2NO2. The number of rotatable bonds is 4. The van der Waals surface area contributed by atoms with Crippen molar-refractivity contribution in [2.75, 3.05) is 14.2 Å². The third-order valence-corrected chi connectivity index (χ3v) is 3.75. The van der Waals surface area contributed by atoms with E-state index in [2.05, 4.69) is 0 Å². The van der Waals surface area contributed by atoms with Gasteiger partial charge in [0, 0.05) is 27.2 Å². The Hall–Kier alpha value is -1.42. The number of hydrogen-bond donors (Lipinski definition) is 1. The van der Waals surface area contributed by atoms with Crippen LogP contribution in [0.4, 0.5) is 0 Å². The first-order valence-corrected chi connectivity index (χ1v) is 6.75. The fraction of sp³-hybridized carbons (Fsp3) is 0.200. The van der Waals surface area contributed by atoms with Crippen molar-refractivity contribution >= 4 is 23.2 Å². The molecule has 0 bridgehead atoms. The molecule has 1 unspecified atom stereocenters. The molecule has 0 amide bonds. The fourth-order valence-electron chi connectivity index (χ4n) is 2.04. The van der Waals surface area contributed by atoms with E-state index >= 15 is 0 Å². The van der Waals surface area contributed by atoms with E-state index in [1.54, 1.807) is 38.5 Å². The molecule has 0 aromatic heterocycles. The molecule has 3 nitrogen and oxygen atoms in total. The van der Waals surface area contributed by atoms with Crippen molar-refractivity contribution in [3.8, 4) is 11.5 Å². The van der Waals surface area contributed by atoms with Gasteiger partial charge in [0.2, 0.25) is 0 Å². The molecule has 1 atom stereocenters. The van der Waals surface area contributed by atoms with E-state index in [0.29, 0.717) is 27.1 Å². The lowest BCUT2D eigenvalue weighted by atomic mass is 9.98. The maximum Gasteiger partial charge on any atom is 0.127 e. The SMILES string of the molecule is COc1ccc(C(N)c2c(Cl)cccc2Cl)c(OC)c1. The molecule has 106 valence electrons. The number of hydrogen-bond acceptors (Lipinski definition) is 3. The molecule has 0 spiro atoms. The zero-order chi connectivity index (χ0) is 14.7. The fourth-order valence-corrected chi connectivity index (χ4v) is 2.67. The molecule has 2 aromatic rings. The van der Waals surface area contributed by atoms with Crippen molar-refractivity contribution in [2.24, 2.45) is 5.73 Å². The van der Waals surface area contributed by atoms with E-state index in [4.69, 9.17) is 38.4 Å². The Morgan fingerprint density at radius 1 is 1.00 bits per heavy atom. The molecule has 0 radical (unpaired) electrons. The molecular weight excluding hydrogens is 297 g/mol. The van der Waals surface area contributed by atoms with Crippen molar-refractivity contribution in [1.29, 1.82) is 0 Å². The Morgan fingerprint density at radius 3 is 2.20 bits per heavy atom. The summed E-state index contributed by atoms with van der Waals surface area (Å²) >= 11 is 12.4. The highest BCUT2D eigenvalue weighted by atomic mass is 35.5. The highest BCUT2D eigenvalue weighted by Gasteiger charge is 2.19. The topological polar surface area (TPSA) is 44.5 Å². The lowest BCUT2D eigenvalue weighted by molar-refractivity contribution is 0.390. The number of nitrogens with two attached hydrogens (primary N) is 1. The van der Waals surface area contributed by atoms with Gasteiger partial charge in [0.25, 0.3) is 0 Å². The van der Waals surface area contributed by atoms with Crippen LogP contribution in [0, 0.1) is 0 Å². The van der Waals surface area contributed by atoms with Gasteiger partial charge < -0.3 is 15.2 Å². The number of methoxy groups -OCH3 is 2. The highest BCUT2D eigenvalue weighted by molar-refractivity contribution is 6.36. The van der Waals surface area contributed by atoms with Crippen LogP contribution in [-0.2, 0) is 0 Å². The predicted molar refractivity (Wildman–Crippen MR) is 82.0 cm³/mol. The van der Waals surface area contributed by atoms with Crippen LogP contribution in [0.15, 0.2) is 36.4 Å². The van der Waals surface area contributed by atoms with Crippen LogP contribution in [0.5, 0.6) is 11.5 Å². The van der Waals surface area contributed by atoms with Gasteiger partial charge in [-0.05, 0) is 24.3 Å². The minimum Gasteiger partial charge on any atom is -0.497 e. The van der Waals surface area contributed by atoms with Crippen LogP contribution < -0.4 is 15.2 Å². The first-order valence-electron chi connectivity index (χ1n) is 6.00. The van der Waals surface area contributed by atoms with Gasteiger partial charge in [-0.2, -0.15) is 0 Å². The third-order valence-electron chi connectivity index (χ3n) is 3.09. The largest absolute Gasteiger partial charge is 0.497 e. The smallest absolute Gasteiger partial charge is 0.127 e. The molecule has 2 rings (SSSR count). The minimum atomic E-state index is -0.475. The molecule has 0 saturated carbocycles. The number of ether oxygens (including phenoxy) is 2. The summed E-state index contributed by atoms with van der Waals surface area (Å²) in [6.07, 6.45) is 0. The Morgan fingerprint density at radius 2 is 1.65 bits per heavy atom. The van der Waals surface area contributed by atoms with Crippen molar-refractivity contribution in [2.45, 2.75) is 6.04 Å². The molecule has 2 aromatic carbocycles. The van der Waals surface area contributed by atoms with Gasteiger partial charge in [-0.3, -0.25) is 0 Å². The van der Waals surface area contributed by atoms with Crippen molar-refractivity contribution < 1.29 is 9.47 Å². The Bertz CT molecular complexity index is 597. The second kappa shape index (κ2) is 6.35. The van der Waals surface area contributed by atoms with Crippen molar-refractivity contribution in [3.05, 3.63) is 57.6 Å². The van der Waals surface area contributed by atoms with E-state index in [9.17, 15) is 0 Å². The number of benzene rings is 2. The third kappa shape index (κ3) is 2.85. The summed E-state index contributed by atoms with van der Waals surface area (Å²) in [4.78, 5) is 0. The van der Waals surface area contributed by atoms with Crippen LogP contribution in [0.1, 0.15) is 17.2 Å². The normalized spacial score (nSPS) is 12.1. The Balaban J connectivity index is 2.50. The van der Waals surface area contributed by atoms with Crippen molar-refractivity contribution in [3.63, 3.8) is 0 Å². The summed E-state index contributed by atoms with van der Waals surface area (Å²) in [6.45, 7) is 0. The van der Waals surface area contributed by atoms with Gasteiger partial charge in [-0.25, -0.2) is 0 Å². The quantitative estimate of drug-likeness (QED) is 0.926. The van der Waals surface area contributed by atoms with Crippen LogP contribution in [-0.4, -0.2) is 14.2 Å². The lowest BCUT2D eigenvalue weighted by Gasteiger charge is -2.19. The second-order valence-electron chi connectivity index (χ2n) is 4.22. The van der Waals surface area contributed by atoms with Crippen LogP contribution >= 0.6 is 23.2 Å². The van der Waals surface area contributed by atoms with E-state index in [1.165, 1.54) is 0 Å². The highest BCUT2D eigenvalue weighted by Crippen LogP contribution is 2.37. The van der Waals surface area contributed by atoms with E-state index in [0.717, 1.165) is 5.56 Å². The standard InChI is InChI=1S/C15H15Cl2NO2/c1-19-9-6-7-10(13(8-9)20-2)15(18)14-11(16)4-3-5-12(14)17/h3-8,15H,18H2,1-2H3. The van der Waals surface area contributed by atoms with Gasteiger partial charge in [-0.15, -0.1) is 0 Å². The molecule has 20 heavy (non-hydrogen) atoms. The van der Waals surface area contributed by atoms with E-state index < -0.39 is 6.04 Å². The van der Waals surface area contributed by atoms with Crippen LogP contribution in [0.25, 0.3) is 0 Å². The molecule has 0 saturated heterocycles. The average molecular weight is 312 g/mol. The maximum absolute atomic E-state index is 6.30. The summed E-state index contributed by atoms with van der Waals surface area (Å²) in [5, 5.41) is 1.06. The van der Waals surface area contributed by atoms with Gasteiger partial charge >= 0.3 is 0 Å². The van der Waals surface area contributed by atoms with Crippen molar-refractivity contribution in [1.82, 2.24) is 0 Å². The molecule has 0 fully saturated rings. The predicted octanol–water partition coefficient (Wildman–Crippen LogP) is 4.06. The molecule has 0 aliphatic rings. The number of halogens is 2. The first-order chi connectivity index (χ1) is 9.58. The zero-order valence-electron chi connectivity index (χ0n) is 11.2. The van der Waals surface area contributed by atoms with Gasteiger partial charge in [0.05, 0.1) is 20.3 Å². The average Bonchev–Trinajstić information content (AvgIpc) is 2.46. The maximum atomic E-state index is 6.30. The molecule has 0 aliphatic carbocycles. The second-order valence-corrected chi connectivity index (χ2v) is 5.04. The Labute approximate surface area is 128 Å². The van der Waals surface area contributed by atoms with Gasteiger partial charge in [0.1, 0.15) is 11.5 Å².